The zero-order valence-corrected chi connectivity index (χ0v) is 10.6. The minimum atomic E-state index is -1.16. The third-order valence-corrected chi connectivity index (χ3v) is 1.07. The summed E-state index contributed by atoms with van der Waals surface area (Å²) in [6.07, 6.45) is 11.5. The van der Waals surface area contributed by atoms with Gasteiger partial charge >= 0.3 is 16.8 Å². The van der Waals surface area contributed by atoms with Gasteiger partial charge < -0.3 is 19.8 Å². The van der Waals surface area contributed by atoms with E-state index in [1.807, 2.05) is 0 Å². The maximum absolute atomic E-state index is 9.64. The smallest absolute Gasteiger partial charge is 0.545 e. The van der Waals surface area contributed by atoms with Gasteiger partial charge in [0.1, 0.15) is 0 Å². The molecular formula is C12H14CoO4. The molecule has 0 amide bonds. The van der Waals surface area contributed by atoms with Crippen LogP contribution in [0.25, 0.3) is 0 Å². The van der Waals surface area contributed by atoms with Gasteiger partial charge in [0.25, 0.3) is 0 Å². The molecule has 0 spiro atoms. The molecule has 0 saturated heterocycles. The number of carboxylic acids is 2. The third-order valence-electron chi connectivity index (χ3n) is 1.07. The van der Waals surface area contributed by atoms with Crippen molar-refractivity contribution in [3.63, 3.8) is 0 Å². The molecule has 0 N–H and O–H groups in total. The largest absolute Gasteiger partial charge is 2.00 e. The Morgan fingerprint density at radius 2 is 1.06 bits per heavy atom. The monoisotopic (exact) mass is 281 g/mol. The number of carboxylic acid groups (broad SMARTS) is 2. The van der Waals surface area contributed by atoms with Crippen molar-refractivity contribution in [2.75, 3.05) is 0 Å². The molecule has 4 nitrogen and oxygen atoms in total. The Balaban J connectivity index is -0.000000218. The van der Waals surface area contributed by atoms with E-state index in [4.69, 9.17) is 0 Å². The van der Waals surface area contributed by atoms with E-state index >= 15 is 0 Å². The summed E-state index contributed by atoms with van der Waals surface area (Å²) < 4.78 is 0. The summed E-state index contributed by atoms with van der Waals surface area (Å²) in [5.74, 6) is -2.33. The van der Waals surface area contributed by atoms with Gasteiger partial charge in [0.15, 0.2) is 0 Å². The fraction of sp³-hybridized carbons (Fsp3) is 0.167. The maximum Gasteiger partial charge on any atom is 2.00 e. The van der Waals surface area contributed by atoms with Crippen molar-refractivity contribution in [3.05, 3.63) is 48.6 Å². The third kappa shape index (κ3) is 31.4. The van der Waals surface area contributed by atoms with Crippen LogP contribution in [0.15, 0.2) is 48.6 Å². The quantitative estimate of drug-likeness (QED) is 0.525. The number of carbonyl (C=O) groups is 2. The molecule has 17 heavy (non-hydrogen) atoms. The fourth-order valence-corrected chi connectivity index (χ4v) is 0.490. The normalized spacial score (nSPS) is 10.5. The summed E-state index contributed by atoms with van der Waals surface area (Å²) in [6.45, 7) is 3.61. The van der Waals surface area contributed by atoms with Gasteiger partial charge in [0.05, 0.1) is 11.9 Å². The summed E-state index contributed by atoms with van der Waals surface area (Å²) in [6, 6.07) is 0. The van der Waals surface area contributed by atoms with Gasteiger partial charge in [-0.25, -0.2) is 0 Å². The van der Waals surface area contributed by atoms with Crippen LogP contribution in [0.3, 0.4) is 0 Å². The Labute approximate surface area is 111 Å². The minimum Gasteiger partial charge on any atom is -0.545 e. The molecule has 0 heterocycles. The van der Waals surface area contributed by atoms with E-state index in [9.17, 15) is 19.8 Å². The Kier molecular flexibility index (Phi) is 20.6. The predicted molar refractivity (Wildman–Crippen MR) is 57.9 cm³/mol. The molecule has 0 aliphatic carbocycles. The molecule has 0 bridgehead atoms. The second kappa shape index (κ2) is 16.8. The summed E-state index contributed by atoms with van der Waals surface area (Å²) in [4.78, 5) is 19.3. The predicted octanol–water partition coefficient (Wildman–Crippen LogP) is -0.265. The van der Waals surface area contributed by atoms with Crippen LogP contribution in [0.2, 0.25) is 0 Å². The van der Waals surface area contributed by atoms with Crippen molar-refractivity contribution in [2.24, 2.45) is 0 Å². The van der Waals surface area contributed by atoms with Crippen LogP contribution >= 0.6 is 0 Å². The van der Waals surface area contributed by atoms with Gasteiger partial charge in [-0.2, -0.15) is 0 Å². The topological polar surface area (TPSA) is 80.3 Å². The molecule has 0 unspecified atom stereocenters. The van der Waals surface area contributed by atoms with Gasteiger partial charge in [-0.1, -0.05) is 36.5 Å². The van der Waals surface area contributed by atoms with Crippen molar-refractivity contribution in [1.29, 1.82) is 0 Å². The number of hydrogen-bond acceptors (Lipinski definition) is 4. The van der Waals surface area contributed by atoms with Crippen LogP contribution in [-0.4, -0.2) is 11.9 Å². The number of aliphatic carboxylic acids is 2. The van der Waals surface area contributed by atoms with Crippen LogP contribution < -0.4 is 10.2 Å². The first-order valence-electron chi connectivity index (χ1n) is 4.55. The van der Waals surface area contributed by atoms with Gasteiger partial charge in [0.2, 0.25) is 0 Å². The Hall–Kier alpha value is -1.59. The molecule has 0 rings (SSSR count). The van der Waals surface area contributed by atoms with Gasteiger partial charge in [-0.05, 0) is 26.0 Å². The standard InChI is InChI=1S/2C6H8O2.Co/c2*1-2-3-4-5-6(7)8;/h2*2-5H,1H3,(H,7,8);/q;;+2/p-2/b2*3-2+,5-4+;. The average Bonchev–Trinajstić information content (AvgIpc) is 2.18. The summed E-state index contributed by atoms with van der Waals surface area (Å²) in [5, 5.41) is 19.3. The van der Waals surface area contributed by atoms with Crippen LogP contribution in [0.4, 0.5) is 0 Å². The van der Waals surface area contributed by atoms with Crippen LogP contribution in [0.1, 0.15) is 13.8 Å². The molecule has 5 heteroatoms. The van der Waals surface area contributed by atoms with Crippen molar-refractivity contribution in [3.8, 4) is 0 Å². The van der Waals surface area contributed by atoms with Crippen LogP contribution in [-0.2, 0) is 26.4 Å². The Bertz CT molecular complexity index is 282. The summed E-state index contributed by atoms with van der Waals surface area (Å²) in [7, 11) is 0. The second-order valence-corrected chi connectivity index (χ2v) is 2.41. The molecular weight excluding hydrogens is 267 g/mol. The Morgan fingerprint density at radius 1 is 0.765 bits per heavy atom. The van der Waals surface area contributed by atoms with E-state index in [1.165, 1.54) is 12.2 Å². The second-order valence-electron chi connectivity index (χ2n) is 2.41. The first-order valence-corrected chi connectivity index (χ1v) is 4.55. The van der Waals surface area contributed by atoms with Crippen LogP contribution in [0.5, 0.6) is 0 Å². The summed E-state index contributed by atoms with van der Waals surface area (Å²) >= 11 is 0. The first kappa shape index (κ1) is 20.8. The molecule has 0 aromatic carbocycles. The molecule has 0 atom stereocenters. The SMILES string of the molecule is C/C=C/C=C/C(=O)[O-].C/C=C/C=C/C(=O)[O-].[Co+2]. The molecule has 0 aromatic heterocycles. The van der Waals surface area contributed by atoms with Crippen molar-refractivity contribution in [1.82, 2.24) is 0 Å². The molecule has 0 aliphatic heterocycles. The maximum atomic E-state index is 9.64. The van der Waals surface area contributed by atoms with Gasteiger partial charge in [0, 0.05) is 0 Å². The van der Waals surface area contributed by atoms with E-state index in [0.29, 0.717) is 0 Å². The number of hydrogen-bond donors (Lipinski definition) is 0. The van der Waals surface area contributed by atoms with Crippen molar-refractivity contribution < 1.29 is 36.6 Å². The first-order chi connectivity index (χ1) is 7.54. The molecule has 0 saturated carbocycles. The molecule has 0 fully saturated rings. The van der Waals surface area contributed by atoms with E-state index < -0.39 is 11.9 Å². The minimum absolute atomic E-state index is 0. The zero-order valence-electron chi connectivity index (χ0n) is 9.59. The van der Waals surface area contributed by atoms with Crippen molar-refractivity contribution in [2.45, 2.75) is 13.8 Å². The fourth-order valence-electron chi connectivity index (χ4n) is 0.490. The van der Waals surface area contributed by atoms with Gasteiger partial charge in [-0.15, -0.1) is 0 Å². The molecule has 0 aliphatic rings. The molecule has 0 aromatic rings. The zero-order chi connectivity index (χ0) is 12.8. The average molecular weight is 281 g/mol. The molecule has 95 valence electrons. The van der Waals surface area contributed by atoms with E-state index in [-0.39, 0.29) is 16.8 Å². The van der Waals surface area contributed by atoms with E-state index in [2.05, 4.69) is 0 Å². The van der Waals surface area contributed by atoms with Crippen molar-refractivity contribution >= 4 is 11.9 Å². The van der Waals surface area contributed by atoms with E-state index in [0.717, 1.165) is 12.2 Å². The van der Waals surface area contributed by atoms with E-state index in [1.54, 1.807) is 38.2 Å². The number of allylic oxidation sites excluding steroid dienone is 6. The van der Waals surface area contributed by atoms with Crippen LogP contribution in [0, 0.1) is 0 Å². The summed E-state index contributed by atoms with van der Waals surface area (Å²) in [5.41, 5.74) is 0. The number of carbonyl (C=O) groups excluding carboxylic acids is 2. The number of rotatable bonds is 4. The Morgan fingerprint density at radius 3 is 1.24 bits per heavy atom. The van der Waals surface area contributed by atoms with Gasteiger partial charge in [-0.3, -0.25) is 0 Å². The molecule has 1 radical (unpaired) electrons.